The Balaban J connectivity index is 1.21. The summed E-state index contributed by atoms with van der Waals surface area (Å²) in [4.78, 5) is 26.7. The fourth-order valence-electron chi connectivity index (χ4n) is 4.82. The highest BCUT2D eigenvalue weighted by Crippen LogP contribution is 2.35. The average Bonchev–Trinajstić information content (AvgIpc) is 3.52. The molecule has 0 aliphatic carbocycles. The van der Waals surface area contributed by atoms with Gasteiger partial charge in [-0.15, -0.1) is 0 Å². The molecule has 206 valence electrons. The molecule has 8 nitrogen and oxygen atoms in total. The summed E-state index contributed by atoms with van der Waals surface area (Å²) in [6.45, 7) is -0.546. The zero-order valence-corrected chi connectivity index (χ0v) is 20.3. The fraction of sp³-hybridized carbons (Fsp3) is 0.346. The number of ether oxygens (including phenoxy) is 1. The lowest BCUT2D eigenvalue weighted by atomic mass is 9.98. The van der Waals surface area contributed by atoms with Crippen LogP contribution in [-0.2, 0) is 20.9 Å². The van der Waals surface area contributed by atoms with Crippen LogP contribution in [0.4, 0.5) is 27.8 Å². The topological polar surface area (TPSA) is 96.7 Å². The first-order valence-corrected chi connectivity index (χ1v) is 12.1. The van der Waals surface area contributed by atoms with Gasteiger partial charge < -0.3 is 15.2 Å². The van der Waals surface area contributed by atoms with E-state index >= 15 is 0 Å². The number of amides is 2. The Kier molecular flexibility index (Phi) is 7.12. The van der Waals surface area contributed by atoms with E-state index in [1.165, 1.54) is 6.07 Å². The van der Waals surface area contributed by atoms with Gasteiger partial charge in [-0.05, 0) is 37.1 Å². The van der Waals surface area contributed by atoms with Crippen molar-refractivity contribution in [2.75, 3.05) is 18.1 Å². The molecule has 13 heteroatoms. The monoisotopic (exact) mass is 550 g/mol. The largest absolute Gasteiger partial charge is 0.372 e. The molecule has 1 aromatic heterocycles. The predicted molar refractivity (Wildman–Crippen MR) is 126 cm³/mol. The molecule has 0 radical (unpaired) electrons. The number of rotatable bonds is 6. The lowest BCUT2D eigenvalue weighted by molar-refractivity contribution is -0.149. The number of benzene rings is 2. The molecule has 2 N–H and O–H groups in total. The van der Waals surface area contributed by atoms with Gasteiger partial charge in [0.05, 0.1) is 18.8 Å². The van der Waals surface area contributed by atoms with Crippen LogP contribution in [0.2, 0.25) is 0 Å². The van der Waals surface area contributed by atoms with Crippen LogP contribution in [0.5, 0.6) is 0 Å². The van der Waals surface area contributed by atoms with Crippen molar-refractivity contribution in [2.24, 2.45) is 0 Å². The molecule has 2 amide bonds. The Morgan fingerprint density at radius 3 is 2.62 bits per heavy atom. The molecule has 3 atom stereocenters. The molecule has 0 spiro atoms. The Hall–Kier alpha value is -3.84. The highest BCUT2D eigenvalue weighted by atomic mass is 19.2. The highest BCUT2D eigenvalue weighted by Gasteiger charge is 2.52. The summed E-state index contributed by atoms with van der Waals surface area (Å²) in [6.07, 6.45) is 1.62. The van der Waals surface area contributed by atoms with Crippen molar-refractivity contribution in [3.05, 3.63) is 82.8 Å². The summed E-state index contributed by atoms with van der Waals surface area (Å²) in [5, 5.41) is 17.3. The van der Waals surface area contributed by atoms with Crippen molar-refractivity contribution < 1.29 is 41.4 Å². The maximum atomic E-state index is 14.1. The van der Waals surface area contributed by atoms with E-state index in [0.29, 0.717) is 25.0 Å². The number of nitrogens with zero attached hydrogens (tertiary/aromatic N) is 3. The molecular formula is C26H23F5N4O4. The van der Waals surface area contributed by atoms with Gasteiger partial charge in [-0.25, -0.2) is 22.0 Å². The van der Waals surface area contributed by atoms with Gasteiger partial charge in [-0.3, -0.25) is 19.2 Å². The Morgan fingerprint density at radius 2 is 1.87 bits per heavy atom. The van der Waals surface area contributed by atoms with E-state index in [-0.39, 0.29) is 37.0 Å². The van der Waals surface area contributed by atoms with Crippen LogP contribution in [0.3, 0.4) is 0 Å². The van der Waals surface area contributed by atoms with Gasteiger partial charge in [-0.1, -0.05) is 0 Å². The van der Waals surface area contributed by atoms with Crippen LogP contribution in [0.15, 0.2) is 42.6 Å². The molecule has 2 aliphatic rings. The number of carbonyl (C=O) groups excluding carboxylic acids is 2. The molecule has 2 aliphatic heterocycles. The van der Waals surface area contributed by atoms with E-state index in [9.17, 15) is 36.6 Å². The van der Waals surface area contributed by atoms with Crippen molar-refractivity contribution in [1.82, 2.24) is 15.1 Å². The van der Waals surface area contributed by atoms with Gasteiger partial charge in [0, 0.05) is 49.0 Å². The first kappa shape index (κ1) is 26.8. The van der Waals surface area contributed by atoms with Crippen LogP contribution in [0, 0.1) is 29.1 Å². The van der Waals surface area contributed by atoms with Gasteiger partial charge in [-0.2, -0.15) is 5.10 Å². The quantitative estimate of drug-likeness (QED) is 0.279. The Bertz CT molecular complexity index is 1430. The molecule has 3 aromatic rings. The van der Waals surface area contributed by atoms with Crippen molar-refractivity contribution >= 4 is 17.6 Å². The van der Waals surface area contributed by atoms with Crippen LogP contribution in [-0.4, -0.2) is 45.5 Å². The maximum Gasteiger partial charge on any atom is 0.270 e. The van der Waals surface area contributed by atoms with E-state index in [0.717, 1.165) is 23.1 Å². The SMILES string of the molecule is O=C(NCc1cc(F)cc(F)c1F)C1(O)CCN(c2ccn([C@@H]3CC[C@@H](c4cc(F)ccc4F)OC3)n2)C1=O. The lowest BCUT2D eigenvalue weighted by Gasteiger charge is -2.29. The van der Waals surface area contributed by atoms with Crippen LogP contribution < -0.4 is 10.2 Å². The molecule has 2 fully saturated rings. The summed E-state index contributed by atoms with van der Waals surface area (Å²) in [5.74, 6) is -6.89. The minimum atomic E-state index is -2.48. The highest BCUT2D eigenvalue weighted by molar-refractivity contribution is 6.16. The van der Waals surface area contributed by atoms with Gasteiger partial charge in [0.1, 0.15) is 17.5 Å². The lowest BCUT2D eigenvalue weighted by Crippen LogP contribution is -2.52. The Morgan fingerprint density at radius 1 is 1.08 bits per heavy atom. The van der Waals surface area contributed by atoms with Crippen molar-refractivity contribution in [2.45, 2.75) is 43.6 Å². The second kappa shape index (κ2) is 10.4. The second-order valence-corrected chi connectivity index (χ2v) is 9.48. The molecular weight excluding hydrogens is 527 g/mol. The number of carbonyl (C=O) groups is 2. The fourth-order valence-corrected chi connectivity index (χ4v) is 4.82. The van der Waals surface area contributed by atoms with E-state index in [1.807, 2.05) is 0 Å². The molecule has 5 rings (SSSR count). The normalized spacial score (nSPS) is 23.3. The molecule has 0 saturated carbocycles. The smallest absolute Gasteiger partial charge is 0.270 e. The number of halogens is 5. The van der Waals surface area contributed by atoms with Crippen molar-refractivity contribution in [1.29, 1.82) is 0 Å². The molecule has 1 unspecified atom stereocenters. The minimum absolute atomic E-state index is 0.0508. The van der Waals surface area contributed by atoms with Gasteiger partial charge in [0.2, 0.25) is 5.60 Å². The first-order valence-electron chi connectivity index (χ1n) is 12.1. The van der Waals surface area contributed by atoms with Crippen LogP contribution in [0.25, 0.3) is 0 Å². The third-order valence-electron chi connectivity index (χ3n) is 6.98. The van der Waals surface area contributed by atoms with Crippen molar-refractivity contribution in [3.63, 3.8) is 0 Å². The van der Waals surface area contributed by atoms with Crippen LogP contribution >= 0.6 is 0 Å². The molecule has 3 heterocycles. The summed E-state index contributed by atoms with van der Waals surface area (Å²) >= 11 is 0. The summed E-state index contributed by atoms with van der Waals surface area (Å²) < 4.78 is 75.7. The third-order valence-corrected chi connectivity index (χ3v) is 6.98. The predicted octanol–water partition coefficient (Wildman–Crippen LogP) is 3.46. The van der Waals surface area contributed by atoms with E-state index < -0.39 is 64.7 Å². The van der Waals surface area contributed by atoms with Crippen LogP contribution in [0.1, 0.15) is 42.5 Å². The standard InChI is InChI=1S/C26H23F5N4O4/c27-15-1-3-19(29)18(10-15)21-4-2-17(13-39-21)35-7-5-22(33-35)34-8-6-26(38,25(34)37)24(36)32-12-14-9-16(28)11-20(30)23(14)31/h1,3,5,7,9-11,17,21,38H,2,4,6,8,12-13H2,(H,32,36)/t17-,21+,26?/m1/s1. The van der Waals surface area contributed by atoms with E-state index in [1.54, 1.807) is 10.9 Å². The molecule has 2 saturated heterocycles. The summed E-state index contributed by atoms with van der Waals surface area (Å²) in [7, 11) is 0. The number of hydrogen-bond donors (Lipinski definition) is 2. The number of aromatic nitrogens is 2. The average molecular weight is 550 g/mol. The minimum Gasteiger partial charge on any atom is -0.372 e. The number of anilines is 1. The maximum absolute atomic E-state index is 14.1. The second-order valence-electron chi connectivity index (χ2n) is 9.48. The molecule has 2 aromatic carbocycles. The third kappa shape index (κ3) is 5.11. The van der Waals surface area contributed by atoms with Gasteiger partial charge in [0.25, 0.3) is 11.8 Å². The van der Waals surface area contributed by atoms with Gasteiger partial charge in [0.15, 0.2) is 17.5 Å². The number of nitrogens with one attached hydrogen (secondary N) is 1. The van der Waals surface area contributed by atoms with Gasteiger partial charge >= 0.3 is 0 Å². The summed E-state index contributed by atoms with van der Waals surface area (Å²) in [5.41, 5.74) is -2.83. The van der Waals surface area contributed by atoms with Crippen molar-refractivity contribution in [3.8, 4) is 0 Å². The zero-order chi connectivity index (χ0) is 27.9. The first-order chi connectivity index (χ1) is 18.6. The van der Waals surface area contributed by atoms with E-state index in [4.69, 9.17) is 4.74 Å². The summed E-state index contributed by atoms with van der Waals surface area (Å²) in [6, 6.07) is 5.50. The molecule has 0 bridgehead atoms. The Labute approximate surface area is 219 Å². The number of aliphatic hydroxyl groups is 1. The van der Waals surface area contributed by atoms with E-state index in [2.05, 4.69) is 10.4 Å². The molecule has 39 heavy (non-hydrogen) atoms. The number of hydrogen-bond acceptors (Lipinski definition) is 5. The zero-order valence-electron chi connectivity index (χ0n) is 20.3.